The van der Waals surface area contributed by atoms with E-state index in [9.17, 15) is 9.59 Å². The van der Waals surface area contributed by atoms with Crippen LogP contribution in [0.1, 0.15) is 77.6 Å². The van der Waals surface area contributed by atoms with Gasteiger partial charge < -0.3 is 15.1 Å². The van der Waals surface area contributed by atoms with Crippen LogP contribution < -0.4 is 10.2 Å². The fourth-order valence-corrected chi connectivity index (χ4v) is 6.37. The smallest absolute Gasteiger partial charge is 0.256 e. The highest BCUT2D eigenvalue weighted by atomic mass is 16.2. The minimum Gasteiger partial charge on any atom is -0.371 e. The zero-order valence-electron chi connectivity index (χ0n) is 22.3. The van der Waals surface area contributed by atoms with Crippen LogP contribution in [0.15, 0.2) is 48.5 Å². The Kier molecular flexibility index (Phi) is 8.45. The Morgan fingerprint density at radius 2 is 1.35 bits per heavy atom. The second-order valence-electron chi connectivity index (χ2n) is 11.0. The molecule has 2 heterocycles. The maximum absolute atomic E-state index is 13.6. The number of nitrogens with zero attached hydrogens (tertiary/aromatic N) is 3. The Labute approximate surface area is 222 Å². The van der Waals surface area contributed by atoms with Gasteiger partial charge >= 0.3 is 0 Å². The molecule has 2 amide bonds. The molecule has 1 saturated carbocycles. The number of amides is 2. The molecule has 1 N–H and O–H groups in total. The summed E-state index contributed by atoms with van der Waals surface area (Å²) in [5, 5.41) is 3.23. The van der Waals surface area contributed by atoms with Gasteiger partial charge in [0.15, 0.2) is 0 Å². The molecule has 0 aromatic heterocycles. The Hall–Kier alpha value is -2.86. The molecule has 2 saturated heterocycles. The third-order valence-corrected chi connectivity index (χ3v) is 8.64. The summed E-state index contributed by atoms with van der Waals surface area (Å²) in [6.45, 7) is 7.25. The quantitative estimate of drug-likeness (QED) is 0.593. The van der Waals surface area contributed by atoms with Crippen molar-refractivity contribution in [3.63, 3.8) is 0 Å². The number of piperazine rings is 1. The Morgan fingerprint density at radius 1 is 0.730 bits per heavy atom. The Morgan fingerprint density at radius 3 is 2.03 bits per heavy atom. The molecule has 0 atom stereocenters. The summed E-state index contributed by atoms with van der Waals surface area (Å²) < 4.78 is 0. The highest BCUT2D eigenvalue weighted by molar-refractivity contribution is 6.00. The molecule has 6 heteroatoms. The first-order valence-corrected chi connectivity index (χ1v) is 14.3. The van der Waals surface area contributed by atoms with Gasteiger partial charge in [0.2, 0.25) is 0 Å². The average molecular weight is 503 g/mol. The molecular weight excluding hydrogens is 460 g/mol. The predicted molar refractivity (Wildman–Crippen MR) is 149 cm³/mol. The second-order valence-corrected chi connectivity index (χ2v) is 11.0. The lowest BCUT2D eigenvalue weighted by Gasteiger charge is -2.40. The van der Waals surface area contributed by atoms with Crippen molar-refractivity contribution in [1.29, 1.82) is 0 Å². The maximum Gasteiger partial charge on any atom is 0.256 e. The molecule has 5 rings (SSSR count). The number of para-hydroxylation sites is 1. The fraction of sp³-hybridized carbons (Fsp3) is 0.548. The van der Waals surface area contributed by atoms with Gasteiger partial charge in [0, 0.05) is 62.6 Å². The van der Waals surface area contributed by atoms with Crippen molar-refractivity contribution in [2.24, 2.45) is 0 Å². The SMILES string of the molecule is Cc1ccccc1C(=O)NC1CCN(c2ccccc2C(=O)N2CCN(C3CCCCCC3)CC2)CC1. The van der Waals surface area contributed by atoms with Crippen molar-refractivity contribution in [1.82, 2.24) is 15.1 Å². The van der Waals surface area contributed by atoms with Crippen LogP contribution in [0, 0.1) is 6.92 Å². The minimum absolute atomic E-state index is 0.00937. The molecule has 0 radical (unpaired) electrons. The van der Waals surface area contributed by atoms with Gasteiger partial charge in [0.1, 0.15) is 0 Å². The fourth-order valence-electron chi connectivity index (χ4n) is 6.37. The number of carbonyl (C=O) groups excluding carboxylic acids is 2. The Balaban J connectivity index is 1.16. The zero-order chi connectivity index (χ0) is 25.6. The molecule has 3 fully saturated rings. The zero-order valence-corrected chi connectivity index (χ0v) is 22.3. The van der Waals surface area contributed by atoms with E-state index in [2.05, 4.69) is 26.1 Å². The lowest BCUT2D eigenvalue weighted by molar-refractivity contribution is 0.0552. The monoisotopic (exact) mass is 502 g/mol. The van der Waals surface area contributed by atoms with Gasteiger partial charge in [-0.1, -0.05) is 56.0 Å². The summed E-state index contributed by atoms with van der Waals surface area (Å²) in [6, 6.07) is 16.7. The number of nitrogens with one attached hydrogen (secondary N) is 1. The predicted octanol–water partition coefficient (Wildman–Crippen LogP) is 4.87. The maximum atomic E-state index is 13.6. The van der Waals surface area contributed by atoms with Gasteiger partial charge in [-0.2, -0.15) is 0 Å². The summed E-state index contributed by atoms with van der Waals surface area (Å²) in [6.07, 6.45) is 9.84. The first-order chi connectivity index (χ1) is 18.1. The van der Waals surface area contributed by atoms with Crippen molar-refractivity contribution < 1.29 is 9.59 Å². The number of aryl methyl sites for hydroxylation is 1. The van der Waals surface area contributed by atoms with Gasteiger partial charge in [0.05, 0.1) is 5.56 Å². The molecule has 6 nitrogen and oxygen atoms in total. The van der Waals surface area contributed by atoms with Crippen molar-refractivity contribution in [3.05, 3.63) is 65.2 Å². The van der Waals surface area contributed by atoms with E-state index >= 15 is 0 Å². The van der Waals surface area contributed by atoms with Crippen molar-refractivity contribution >= 4 is 17.5 Å². The van der Waals surface area contributed by atoms with E-state index in [0.717, 1.165) is 74.5 Å². The molecule has 2 aromatic carbocycles. The summed E-state index contributed by atoms with van der Waals surface area (Å²) in [5.41, 5.74) is 3.59. The van der Waals surface area contributed by atoms with Gasteiger partial charge in [-0.15, -0.1) is 0 Å². The minimum atomic E-state index is 0.00937. The number of hydrogen-bond donors (Lipinski definition) is 1. The van der Waals surface area contributed by atoms with Gasteiger partial charge in [-0.25, -0.2) is 0 Å². The van der Waals surface area contributed by atoms with Crippen LogP contribution in [0.25, 0.3) is 0 Å². The molecule has 0 bridgehead atoms. The molecule has 1 aliphatic carbocycles. The van der Waals surface area contributed by atoms with E-state index in [-0.39, 0.29) is 17.9 Å². The van der Waals surface area contributed by atoms with Crippen LogP contribution in [0.2, 0.25) is 0 Å². The number of carbonyl (C=O) groups is 2. The van der Waals surface area contributed by atoms with E-state index < -0.39 is 0 Å². The summed E-state index contributed by atoms with van der Waals surface area (Å²) in [5.74, 6) is 0.168. The highest BCUT2D eigenvalue weighted by Crippen LogP contribution is 2.27. The normalized spacial score (nSPS) is 20.5. The average Bonchev–Trinajstić information content (AvgIpc) is 3.23. The molecule has 2 aliphatic heterocycles. The third-order valence-electron chi connectivity index (χ3n) is 8.64. The lowest BCUT2D eigenvalue weighted by Crippen LogP contribution is -2.52. The molecule has 0 spiro atoms. The van der Waals surface area contributed by atoms with E-state index in [1.807, 2.05) is 49.4 Å². The molecule has 0 unspecified atom stereocenters. The topological polar surface area (TPSA) is 55.9 Å². The van der Waals surface area contributed by atoms with E-state index in [1.54, 1.807) is 0 Å². The molecule has 3 aliphatic rings. The van der Waals surface area contributed by atoms with Gasteiger partial charge in [-0.05, 0) is 56.4 Å². The number of rotatable bonds is 5. The first kappa shape index (κ1) is 25.8. The highest BCUT2D eigenvalue weighted by Gasteiger charge is 2.29. The largest absolute Gasteiger partial charge is 0.371 e. The lowest BCUT2D eigenvalue weighted by atomic mass is 10.0. The standard InChI is InChI=1S/C31H42N4O2/c1-24-10-6-7-13-27(24)30(36)32-25-16-18-34(19-17-25)29-15-9-8-14-28(29)31(37)35-22-20-33(21-23-35)26-11-4-2-3-5-12-26/h6-10,13-15,25-26H,2-5,11-12,16-23H2,1H3,(H,32,36). The van der Waals surface area contributed by atoms with Crippen molar-refractivity contribution in [2.75, 3.05) is 44.2 Å². The summed E-state index contributed by atoms with van der Waals surface area (Å²) in [7, 11) is 0. The second kappa shape index (κ2) is 12.1. The summed E-state index contributed by atoms with van der Waals surface area (Å²) in [4.78, 5) is 33.4. The van der Waals surface area contributed by atoms with Crippen LogP contribution in [0.4, 0.5) is 5.69 Å². The van der Waals surface area contributed by atoms with Gasteiger partial charge in [-0.3, -0.25) is 14.5 Å². The van der Waals surface area contributed by atoms with Crippen molar-refractivity contribution in [3.8, 4) is 0 Å². The molecule has 37 heavy (non-hydrogen) atoms. The van der Waals surface area contributed by atoms with Crippen LogP contribution in [0.5, 0.6) is 0 Å². The number of hydrogen-bond acceptors (Lipinski definition) is 4. The first-order valence-electron chi connectivity index (χ1n) is 14.3. The molecule has 198 valence electrons. The van der Waals surface area contributed by atoms with Crippen LogP contribution in [0.3, 0.4) is 0 Å². The molecule has 2 aromatic rings. The summed E-state index contributed by atoms with van der Waals surface area (Å²) >= 11 is 0. The van der Waals surface area contributed by atoms with Crippen LogP contribution in [-0.4, -0.2) is 73.0 Å². The van der Waals surface area contributed by atoms with E-state index in [1.165, 1.54) is 38.5 Å². The molecular formula is C31H42N4O2. The third kappa shape index (κ3) is 6.18. The van der Waals surface area contributed by atoms with E-state index in [4.69, 9.17) is 0 Å². The van der Waals surface area contributed by atoms with Crippen LogP contribution >= 0.6 is 0 Å². The number of benzene rings is 2. The van der Waals surface area contributed by atoms with Crippen LogP contribution in [-0.2, 0) is 0 Å². The van der Waals surface area contributed by atoms with Gasteiger partial charge in [0.25, 0.3) is 11.8 Å². The van der Waals surface area contributed by atoms with E-state index in [0.29, 0.717) is 6.04 Å². The number of piperidine rings is 1. The number of anilines is 1. The Bertz CT molecular complexity index is 1060. The van der Waals surface area contributed by atoms with Crippen molar-refractivity contribution in [2.45, 2.75) is 70.4 Å².